The maximum atomic E-state index is 12.1. The van der Waals surface area contributed by atoms with Crippen LogP contribution in [0, 0.1) is 0 Å². The van der Waals surface area contributed by atoms with Gasteiger partial charge in [-0.2, -0.15) is 5.10 Å². The van der Waals surface area contributed by atoms with E-state index >= 15 is 0 Å². The monoisotopic (exact) mass is 257 g/mol. The number of H-pyrrole nitrogens is 1. The molecule has 17 heavy (non-hydrogen) atoms. The highest BCUT2D eigenvalue weighted by Gasteiger charge is 2.34. The fraction of sp³-hybridized carbons (Fsp3) is 0.727. The second kappa shape index (κ2) is 4.33. The van der Waals surface area contributed by atoms with Crippen molar-refractivity contribution in [3.8, 4) is 0 Å². The van der Waals surface area contributed by atoms with Gasteiger partial charge in [0.05, 0.1) is 11.4 Å². The molecule has 96 valence electrons. The average Bonchev–Trinajstić information content (AvgIpc) is 2.59. The lowest BCUT2D eigenvalue weighted by molar-refractivity contribution is 0.540. The number of nitrogen functional groups attached to an aromatic ring is 1. The van der Waals surface area contributed by atoms with Crippen LogP contribution >= 0.6 is 0 Å². The molecule has 1 aromatic heterocycles. The summed E-state index contributed by atoms with van der Waals surface area (Å²) < 4.78 is 24.2. The zero-order valence-corrected chi connectivity index (χ0v) is 11.0. The van der Waals surface area contributed by atoms with E-state index in [2.05, 4.69) is 10.2 Å². The number of nitrogens with one attached hydrogen (secondary N) is 1. The van der Waals surface area contributed by atoms with Gasteiger partial charge in [-0.05, 0) is 18.8 Å². The van der Waals surface area contributed by atoms with Crippen molar-refractivity contribution in [1.29, 1.82) is 0 Å². The van der Waals surface area contributed by atoms with Crippen LogP contribution in [0.25, 0.3) is 0 Å². The number of anilines is 1. The Hall–Kier alpha value is -1.04. The molecule has 2 rings (SSSR count). The maximum Gasteiger partial charge on any atom is 0.158 e. The Morgan fingerprint density at radius 1 is 1.41 bits per heavy atom. The molecule has 1 saturated heterocycles. The minimum absolute atomic E-state index is 0.181. The van der Waals surface area contributed by atoms with Crippen LogP contribution in [0.3, 0.4) is 0 Å². The minimum Gasteiger partial charge on any atom is -0.382 e. The highest BCUT2D eigenvalue weighted by atomic mass is 32.2. The average molecular weight is 257 g/mol. The Morgan fingerprint density at radius 3 is 2.71 bits per heavy atom. The number of nitrogens with zero attached hydrogens (tertiary/aromatic N) is 1. The third kappa shape index (κ3) is 2.18. The first kappa shape index (κ1) is 12.4. The summed E-state index contributed by atoms with van der Waals surface area (Å²) in [5.74, 6) is 0.880. The summed E-state index contributed by atoms with van der Waals surface area (Å²) >= 11 is 0. The number of sulfone groups is 1. The summed E-state index contributed by atoms with van der Waals surface area (Å²) in [5.41, 5.74) is 7.37. The summed E-state index contributed by atoms with van der Waals surface area (Å²) in [6, 6.07) is 0. The zero-order chi connectivity index (χ0) is 12.6. The van der Waals surface area contributed by atoms with Crippen LogP contribution in [-0.4, -0.2) is 24.4 Å². The van der Waals surface area contributed by atoms with Crippen molar-refractivity contribution in [3.63, 3.8) is 0 Å². The number of hydrogen-bond donors (Lipinski definition) is 2. The molecule has 0 saturated carbocycles. The van der Waals surface area contributed by atoms with Crippen molar-refractivity contribution < 1.29 is 8.42 Å². The molecule has 1 aromatic rings. The summed E-state index contributed by atoms with van der Waals surface area (Å²) in [4.78, 5) is 0. The van der Waals surface area contributed by atoms with E-state index in [0.717, 1.165) is 18.4 Å². The fourth-order valence-electron chi connectivity index (χ4n) is 2.51. The van der Waals surface area contributed by atoms with Crippen LogP contribution in [0.4, 0.5) is 5.82 Å². The van der Waals surface area contributed by atoms with Crippen LogP contribution in [0.5, 0.6) is 0 Å². The van der Waals surface area contributed by atoms with Gasteiger partial charge in [-0.3, -0.25) is 5.10 Å². The summed E-state index contributed by atoms with van der Waals surface area (Å²) in [7, 11) is -3.05. The Kier molecular flexibility index (Phi) is 3.16. The third-order valence-corrected chi connectivity index (χ3v) is 5.54. The van der Waals surface area contributed by atoms with E-state index in [1.807, 2.05) is 13.8 Å². The van der Waals surface area contributed by atoms with Crippen molar-refractivity contribution in [2.24, 2.45) is 0 Å². The van der Waals surface area contributed by atoms with Crippen LogP contribution < -0.4 is 5.73 Å². The molecule has 1 unspecified atom stereocenters. The van der Waals surface area contributed by atoms with Gasteiger partial charge in [0, 0.05) is 5.56 Å². The number of aromatic nitrogens is 2. The largest absolute Gasteiger partial charge is 0.382 e. The third-order valence-electron chi connectivity index (χ3n) is 3.34. The summed E-state index contributed by atoms with van der Waals surface area (Å²) in [5, 5.41) is 6.35. The predicted octanol–water partition coefficient (Wildman–Crippen LogP) is 1.76. The highest BCUT2D eigenvalue weighted by Crippen LogP contribution is 2.37. The Balaban J connectivity index is 2.46. The molecule has 0 spiro atoms. The second-order valence-corrected chi connectivity index (χ2v) is 7.25. The van der Waals surface area contributed by atoms with E-state index in [0.29, 0.717) is 17.9 Å². The Labute approximate surface area is 102 Å². The predicted molar refractivity (Wildman–Crippen MR) is 67.5 cm³/mol. The van der Waals surface area contributed by atoms with E-state index in [4.69, 9.17) is 5.73 Å². The molecule has 5 nitrogen and oxygen atoms in total. The van der Waals surface area contributed by atoms with Crippen molar-refractivity contribution in [2.45, 2.75) is 44.3 Å². The second-order valence-electron chi connectivity index (χ2n) is 4.94. The molecule has 1 aliphatic heterocycles. The van der Waals surface area contributed by atoms with Crippen LogP contribution in [0.1, 0.15) is 55.5 Å². The minimum atomic E-state index is -3.05. The van der Waals surface area contributed by atoms with Crippen molar-refractivity contribution in [1.82, 2.24) is 10.2 Å². The molecule has 1 fully saturated rings. The summed E-state index contributed by atoms with van der Waals surface area (Å²) in [6.07, 6.45) is 2.38. The molecule has 0 amide bonds. The van der Waals surface area contributed by atoms with Crippen LogP contribution in [0.15, 0.2) is 0 Å². The van der Waals surface area contributed by atoms with Crippen molar-refractivity contribution in [2.75, 3.05) is 11.5 Å². The molecule has 1 aliphatic rings. The molecular formula is C11H19N3O2S. The molecular weight excluding hydrogens is 238 g/mol. The molecule has 0 aliphatic carbocycles. The first-order valence-corrected chi connectivity index (χ1v) is 7.70. The molecule has 0 aromatic carbocycles. The fourth-order valence-corrected chi connectivity index (χ4v) is 4.47. The topological polar surface area (TPSA) is 88.8 Å². The number of rotatable bonds is 2. The number of nitrogens with two attached hydrogens (primary N) is 1. The molecule has 0 radical (unpaired) electrons. The van der Waals surface area contributed by atoms with E-state index in [1.165, 1.54) is 0 Å². The van der Waals surface area contributed by atoms with Gasteiger partial charge in [0.25, 0.3) is 0 Å². The van der Waals surface area contributed by atoms with E-state index in [-0.39, 0.29) is 11.7 Å². The smallest absolute Gasteiger partial charge is 0.158 e. The van der Waals surface area contributed by atoms with E-state index < -0.39 is 15.1 Å². The normalized spacial score (nSPS) is 24.1. The lowest BCUT2D eigenvalue weighted by Gasteiger charge is -2.22. The van der Waals surface area contributed by atoms with Crippen molar-refractivity contribution >= 4 is 15.7 Å². The zero-order valence-electron chi connectivity index (χ0n) is 10.2. The van der Waals surface area contributed by atoms with E-state index in [9.17, 15) is 8.42 Å². The molecule has 3 N–H and O–H groups in total. The molecule has 6 heteroatoms. The first-order valence-electron chi connectivity index (χ1n) is 5.98. The van der Waals surface area contributed by atoms with Crippen molar-refractivity contribution in [3.05, 3.63) is 11.3 Å². The highest BCUT2D eigenvalue weighted by molar-refractivity contribution is 7.91. The maximum absolute atomic E-state index is 12.1. The van der Waals surface area contributed by atoms with Crippen LogP contribution in [-0.2, 0) is 9.84 Å². The van der Waals surface area contributed by atoms with Gasteiger partial charge in [0.2, 0.25) is 0 Å². The van der Waals surface area contributed by atoms with E-state index in [1.54, 1.807) is 0 Å². The van der Waals surface area contributed by atoms with Crippen LogP contribution in [0.2, 0.25) is 0 Å². The van der Waals surface area contributed by atoms with Gasteiger partial charge >= 0.3 is 0 Å². The Morgan fingerprint density at radius 2 is 2.12 bits per heavy atom. The number of hydrogen-bond acceptors (Lipinski definition) is 4. The quantitative estimate of drug-likeness (QED) is 0.844. The van der Waals surface area contributed by atoms with Gasteiger partial charge in [0.15, 0.2) is 9.84 Å². The van der Waals surface area contributed by atoms with Gasteiger partial charge in [0.1, 0.15) is 11.1 Å². The van der Waals surface area contributed by atoms with Gasteiger partial charge in [-0.15, -0.1) is 0 Å². The first-order chi connectivity index (χ1) is 7.93. The standard InChI is InChI=1S/C11H19N3O2S/c1-7(2)9-10(13-14-11(9)12)8-5-3-4-6-17(8,15)16/h7-8H,3-6H2,1-2H3,(H3,12,13,14). The van der Waals surface area contributed by atoms with Gasteiger partial charge in [-0.25, -0.2) is 8.42 Å². The van der Waals surface area contributed by atoms with Gasteiger partial charge in [-0.1, -0.05) is 20.3 Å². The molecule has 2 heterocycles. The SMILES string of the molecule is CC(C)c1c(N)n[nH]c1C1CCCCS1(=O)=O. The number of aromatic amines is 1. The summed E-state index contributed by atoms with van der Waals surface area (Å²) in [6.45, 7) is 4.00. The molecule has 1 atom stereocenters. The lowest BCUT2D eigenvalue weighted by atomic mass is 9.99. The molecule has 0 bridgehead atoms. The Bertz CT molecular complexity index is 505. The van der Waals surface area contributed by atoms with Gasteiger partial charge < -0.3 is 5.73 Å². The lowest BCUT2D eigenvalue weighted by Crippen LogP contribution is -2.23.